The molecule has 0 radical (unpaired) electrons. The summed E-state index contributed by atoms with van der Waals surface area (Å²) in [6.45, 7) is 3.50. The molecule has 0 bridgehead atoms. The van der Waals surface area contributed by atoms with Crippen LogP contribution < -0.4 is 0 Å². The van der Waals surface area contributed by atoms with E-state index in [0.717, 1.165) is 5.56 Å². The third-order valence-corrected chi connectivity index (χ3v) is 1.92. The molecule has 74 valence electrons. The summed E-state index contributed by atoms with van der Waals surface area (Å²) < 4.78 is 10.6. The average Bonchev–Trinajstić information content (AvgIpc) is 2.41. The van der Waals surface area contributed by atoms with Crippen molar-refractivity contribution >= 4 is 5.76 Å². The van der Waals surface area contributed by atoms with Crippen molar-refractivity contribution in [2.45, 2.75) is 19.6 Å². The van der Waals surface area contributed by atoms with E-state index < -0.39 is 5.79 Å². The Morgan fingerprint density at radius 2 is 1.71 bits per heavy atom. The van der Waals surface area contributed by atoms with Crippen LogP contribution in [0.1, 0.15) is 19.4 Å². The highest BCUT2D eigenvalue weighted by Crippen LogP contribution is 2.34. The first-order valence-corrected chi connectivity index (χ1v) is 4.45. The molecule has 0 spiro atoms. The van der Waals surface area contributed by atoms with Crippen LogP contribution in [-0.2, 0) is 9.47 Å². The molecule has 1 heterocycles. The zero-order valence-electron chi connectivity index (χ0n) is 8.15. The summed E-state index contributed by atoms with van der Waals surface area (Å²) in [6, 6.07) is 9.38. The highest BCUT2D eigenvalue weighted by molar-refractivity contribution is 5.61. The van der Waals surface area contributed by atoms with E-state index in [0.29, 0.717) is 5.76 Å². The highest BCUT2D eigenvalue weighted by Gasteiger charge is 2.34. The second-order valence-corrected chi connectivity index (χ2v) is 3.60. The van der Waals surface area contributed by atoms with Crippen LogP contribution in [0.3, 0.4) is 0 Å². The third-order valence-electron chi connectivity index (χ3n) is 1.92. The van der Waals surface area contributed by atoms with Gasteiger partial charge in [-0.2, -0.15) is 0 Å². The van der Waals surface area contributed by atoms with E-state index in [1.165, 1.54) is 0 Å². The molecule has 0 fully saturated rings. The lowest BCUT2D eigenvalue weighted by Gasteiger charge is -2.17. The van der Waals surface area contributed by atoms with Gasteiger partial charge in [-0.25, -0.2) is 0 Å². The largest absolute Gasteiger partial charge is 0.478 e. The van der Waals surface area contributed by atoms with Gasteiger partial charge >= 0.3 is 5.95 Å². The van der Waals surface area contributed by atoms with Crippen LogP contribution >= 0.6 is 0 Å². The SMILES string of the molecule is CC1(C)OC(O)=C(c2ccccc2)O1. The third kappa shape index (κ3) is 1.53. The molecular weight excluding hydrogens is 180 g/mol. The molecule has 0 saturated carbocycles. The number of ether oxygens (including phenoxy) is 2. The van der Waals surface area contributed by atoms with Gasteiger partial charge in [0, 0.05) is 19.4 Å². The van der Waals surface area contributed by atoms with Gasteiger partial charge in [-0.05, 0) is 0 Å². The molecule has 0 amide bonds. The predicted molar refractivity (Wildman–Crippen MR) is 52.2 cm³/mol. The topological polar surface area (TPSA) is 38.7 Å². The minimum Gasteiger partial charge on any atom is -0.478 e. The highest BCUT2D eigenvalue weighted by atomic mass is 16.8. The molecule has 1 N–H and O–H groups in total. The molecule has 1 aliphatic rings. The Kier molecular flexibility index (Phi) is 1.88. The maximum absolute atomic E-state index is 9.51. The maximum Gasteiger partial charge on any atom is 0.325 e. The van der Waals surface area contributed by atoms with E-state index in [1.807, 2.05) is 30.3 Å². The monoisotopic (exact) mass is 192 g/mol. The Balaban J connectivity index is 2.33. The van der Waals surface area contributed by atoms with Crippen molar-refractivity contribution in [3.8, 4) is 0 Å². The van der Waals surface area contributed by atoms with E-state index in [-0.39, 0.29) is 5.95 Å². The average molecular weight is 192 g/mol. The molecule has 1 aliphatic heterocycles. The molecule has 0 saturated heterocycles. The Labute approximate surface area is 82.6 Å². The van der Waals surface area contributed by atoms with Gasteiger partial charge in [-0.3, -0.25) is 0 Å². The summed E-state index contributed by atoms with van der Waals surface area (Å²) in [5.74, 6) is -0.535. The van der Waals surface area contributed by atoms with Crippen LogP contribution in [0.15, 0.2) is 36.3 Å². The summed E-state index contributed by atoms with van der Waals surface area (Å²) in [5, 5.41) is 9.51. The number of hydrogen-bond donors (Lipinski definition) is 1. The number of aliphatic hydroxyl groups excluding tert-OH is 1. The summed E-state index contributed by atoms with van der Waals surface area (Å²) in [5.41, 5.74) is 0.815. The number of rotatable bonds is 1. The molecule has 0 unspecified atom stereocenters. The minimum absolute atomic E-state index is 0.152. The second-order valence-electron chi connectivity index (χ2n) is 3.60. The molecule has 1 aromatic carbocycles. The van der Waals surface area contributed by atoms with E-state index in [4.69, 9.17) is 9.47 Å². The van der Waals surface area contributed by atoms with E-state index in [2.05, 4.69) is 0 Å². The van der Waals surface area contributed by atoms with Gasteiger partial charge in [0.1, 0.15) is 0 Å². The van der Waals surface area contributed by atoms with Crippen molar-refractivity contribution in [3.63, 3.8) is 0 Å². The van der Waals surface area contributed by atoms with Crippen LogP contribution in [0.4, 0.5) is 0 Å². The van der Waals surface area contributed by atoms with E-state index >= 15 is 0 Å². The minimum atomic E-state index is -0.782. The lowest BCUT2D eigenvalue weighted by molar-refractivity contribution is -0.130. The Morgan fingerprint density at radius 1 is 1.07 bits per heavy atom. The fraction of sp³-hybridized carbons (Fsp3) is 0.273. The molecule has 3 nitrogen and oxygen atoms in total. The Morgan fingerprint density at radius 3 is 2.21 bits per heavy atom. The van der Waals surface area contributed by atoms with Crippen molar-refractivity contribution in [1.29, 1.82) is 0 Å². The molecule has 0 atom stereocenters. The van der Waals surface area contributed by atoms with Crippen molar-refractivity contribution < 1.29 is 14.6 Å². The van der Waals surface area contributed by atoms with Crippen molar-refractivity contribution in [3.05, 3.63) is 41.8 Å². The fourth-order valence-corrected chi connectivity index (χ4v) is 1.36. The molecule has 3 heteroatoms. The van der Waals surface area contributed by atoms with E-state index in [9.17, 15) is 5.11 Å². The standard InChI is InChI=1S/C11H12O3/c1-11(2)13-9(10(12)14-11)8-6-4-3-5-7-8/h3-7,12H,1-2H3. The molecular formula is C11H12O3. The first-order valence-electron chi connectivity index (χ1n) is 4.45. The molecule has 0 aliphatic carbocycles. The van der Waals surface area contributed by atoms with Crippen molar-refractivity contribution in [1.82, 2.24) is 0 Å². The Bertz CT molecular complexity index is 365. The van der Waals surface area contributed by atoms with Gasteiger partial charge in [-0.15, -0.1) is 0 Å². The first kappa shape index (κ1) is 8.94. The number of aliphatic hydroxyl groups is 1. The second kappa shape index (κ2) is 2.94. The van der Waals surface area contributed by atoms with Gasteiger partial charge in [0.15, 0.2) is 0 Å². The quantitative estimate of drug-likeness (QED) is 0.743. The zero-order chi connectivity index (χ0) is 10.2. The van der Waals surface area contributed by atoms with Gasteiger partial charge in [0.25, 0.3) is 0 Å². The molecule has 14 heavy (non-hydrogen) atoms. The zero-order valence-corrected chi connectivity index (χ0v) is 8.15. The summed E-state index contributed by atoms with van der Waals surface area (Å²) in [4.78, 5) is 0. The van der Waals surface area contributed by atoms with Crippen LogP contribution in [0.25, 0.3) is 5.76 Å². The van der Waals surface area contributed by atoms with Crippen molar-refractivity contribution in [2.75, 3.05) is 0 Å². The van der Waals surface area contributed by atoms with Crippen LogP contribution in [0.2, 0.25) is 0 Å². The first-order chi connectivity index (χ1) is 6.58. The maximum atomic E-state index is 9.51. The lowest BCUT2D eigenvalue weighted by atomic mass is 10.2. The predicted octanol–water partition coefficient (Wildman–Crippen LogP) is 2.65. The normalized spacial score (nSPS) is 19.0. The van der Waals surface area contributed by atoms with E-state index in [1.54, 1.807) is 13.8 Å². The molecule has 1 aromatic rings. The summed E-state index contributed by atoms with van der Waals surface area (Å²) in [7, 11) is 0. The summed E-state index contributed by atoms with van der Waals surface area (Å²) in [6.07, 6.45) is 0. The van der Waals surface area contributed by atoms with Gasteiger partial charge in [0.2, 0.25) is 11.5 Å². The number of benzene rings is 1. The smallest absolute Gasteiger partial charge is 0.325 e. The van der Waals surface area contributed by atoms with Crippen LogP contribution in [0, 0.1) is 0 Å². The molecule has 0 aromatic heterocycles. The van der Waals surface area contributed by atoms with Crippen LogP contribution in [-0.4, -0.2) is 10.9 Å². The molecule has 2 rings (SSSR count). The fourth-order valence-electron chi connectivity index (χ4n) is 1.36. The van der Waals surface area contributed by atoms with Crippen LogP contribution in [0.5, 0.6) is 0 Å². The number of hydrogen-bond acceptors (Lipinski definition) is 3. The van der Waals surface area contributed by atoms with Crippen molar-refractivity contribution in [2.24, 2.45) is 0 Å². The Hall–Kier alpha value is -1.64. The lowest BCUT2D eigenvalue weighted by Crippen LogP contribution is -2.20. The van der Waals surface area contributed by atoms with Gasteiger partial charge in [0.05, 0.1) is 0 Å². The van der Waals surface area contributed by atoms with Gasteiger partial charge in [-0.1, -0.05) is 30.3 Å². The van der Waals surface area contributed by atoms with Gasteiger partial charge < -0.3 is 14.6 Å². The summed E-state index contributed by atoms with van der Waals surface area (Å²) >= 11 is 0.